The Bertz CT molecular complexity index is 829. The van der Waals surface area contributed by atoms with E-state index in [1.807, 2.05) is 42.2 Å². The number of amides is 3. The van der Waals surface area contributed by atoms with Gasteiger partial charge in [0.05, 0.1) is 24.8 Å². The minimum atomic E-state index is -3.08. The third-order valence-corrected chi connectivity index (χ3v) is 7.35. The van der Waals surface area contributed by atoms with Gasteiger partial charge in [0.2, 0.25) is 0 Å². The van der Waals surface area contributed by atoms with Gasteiger partial charge in [0.25, 0.3) is 5.91 Å². The zero-order chi connectivity index (χ0) is 20.4. The summed E-state index contributed by atoms with van der Waals surface area (Å²) in [5.41, 5.74) is -0.349. The van der Waals surface area contributed by atoms with Crippen molar-refractivity contribution in [1.29, 1.82) is 0 Å². The zero-order valence-electron chi connectivity index (χ0n) is 16.3. The minimum Gasteiger partial charge on any atom is -0.383 e. The summed E-state index contributed by atoms with van der Waals surface area (Å²) in [6.45, 7) is 2.74. The molecule has 0 aromatic heterocycles. The summed E-state index contributed by atoms with van der Waals surface area (Å²) in [4.78, 5) is 29.0. The number of carbonyl (C=O) groups excluding carboxylic acids is 2. The van der Waals surface area contributed by atoms with Crippen LogP contribution >= 0.6 is 0 Å². The van der Waals surface area contributed by atoms with E-state index in [-0.39, 0.29) is 30.1 Å². The van der Waals surface area contributed by atoms with Crippen molar-refractivity contribution < 1.29 is 22.7 Å². The van der Waals surface area contributed by atoms with Gasteiger partial charge in [-0.25, -0.2) is 18.1 Å². The number of rotatable bonds is 8. The second-order valence-electron chi connectivity index (χ2n) is 7.29. The average molecular weight is 410 g/mol. The van der Waals surface area contributed by atoms with Gasteiger partial charge in [-0.2, -0.15) is 0 Å². The number of sulfone groups is 1. The van der Waals surface area contributed by atoms with Crippen molar-refractivity contribution in [2.24, 2.45) is 0 Å². The molecule has 28 heavy (non-hydrogen) atoms. The lowest BCUT2D eigenvalue weighted by molar-refractivity contribution is -0.133. The number of ether oxygens (including phenoxy) is 1. The number of methoxy groups -OCH3 is 1. The molecule has 3 amide bonds. The number of urea groups is 1. The van der Waals surface area contributed by atoms with Crippen molar-refractivity contribution in [2.45, 2.75) is 31.3 Å². The Kier molecular flexibility index (Phi) is 6.07. The van der Waals surface area contributed by atoms with E-state index in [9.17, 15) is 18.0 Å². The summed E-state index contributed by atoms with van der Waals surface area (Å²) in [5, 5.41) is 2.86. The van der Waals surface area contributed by atoms with Gasteiger partial charge in [-0.05, 0) is 18.4 Å². The van der Waals surface area contributed by atoms with Crippen LogP contribution < -0.4 is 5.32 Å². The van der Waals surface area contributed by atoms with Crippen LogP contribution in [0.25, 0.3) is 0 Å². The molecule has 0 aliphatic carbocycles. The Hall–Kier alpha value is -1.97. The van der Waals surface area contributed by atoms with Gasteiger partial charge in [0.15, 0.2) is 9.84 Å². The Labute approximate surface area is 165 Å². The minimum absolute atomic E-state index is 0.0397. The van der Waals surface area contributed by atoms with E-state index in [2.05, 4.69) is 5.32 Å². The van der Waals surface area contributed by atoms with E-state index in [4.69, 9.17) is 4.74 Å². The molecule has 1 aromatic carbocycles. The second kappa shape index (κ2) is 8.18. The van der Waals surface area contributed by atoms with Crippen molar-refractivity contribution >= 4 is 21.8 Å². The molecule has 2 aliphatic heterocycles. The third-order valence-electron chi connectivity index (χ3n) is 5.60. The number of carbonyl (C=O) groups is 2. The maximum Gasteiger partial charge on any atom is 0.326 e. The molecule has 2 heterocycles. The zero-order valence-corrected chi connectivity index (χ0v) is 17.1. The molecule has 1 N–H and O–H groups in total. The molecule has 0 bridgehead atoms. The van der Waals surface area contributed by atoms with Gasteiger partial charge in [-0.1, -0.05) is 37.3 Å². The van der Waals surface area contributed by atoms with Crippen LogP contribution in [-0.4, -0.2) is 74.6 Å². The lowest BCUT2D eigenvalue weighted by Gasteiger charge is -2.31. The molecule has 0 spiro atoms. The second-order valence-corrected chi connectivity index (χ2v) is 9.52. The molecule has 1 aromatic rings. The first-order chi connectivity index (χ1) is 13.3. The highest BCUT2D eigenvalue weighted by Crippen LogP contribution is 2.32. The normalized spacial score (nSPS) is 26.8. The van der Waals surface area contributed by atoms with Crippen LogP contribution in [0.1, 0.15) is 25.3 Å². The molecule has 9 heteroatoms. The maximum atomic E-state index is 13.3. The lowest BCUT2D eigenvalue weighted by atomic mass is 9.87. The Morgan fingerprint density at radius 3 is 2.57 bits per heavy atom. The molecule has 2 aliphatic rings. The van der Waals surface area contributed by atoms with Gasteiger partial charge in [-0.15, -0.1) is 0 Å². The Morgan fingerprint density at radius 2 is 2.00 bits per heavy atom. The number of hydrogen-bond donors (Lipinski definition) is 1. The van der Waals surface area contributed by atoms with Gasteiger partial charge in [0.1, 0.15) is 5.54 Å². The highest BCUT2D eigenvalue weighted by molar-refractivity contribution is 7.91. The van der Waals surface area contributed by atoms with E-state index in [1.165, 1.54) is 4.90 Å². The predicted molar refractivity (Wildman–Crippen MR) is 104 cm³/mol. The molecule has 154 valence electrons. The van der Waals surface area contributed by atoms with Gasteiger partial charge in [0, 0.05) is 19.7 Å². The summed E-state index contributed by atoms with van der Waals surface area (Å²) < 4.78 is 28.9. The predicted octanol–water partition coefficient (Wildman–Crippen LogP) is 0.937. The van der Waals surface area contributed by atoms with Gasteiger partial charge >= 0.3 is 6.03 Å². The van der Waals surface area contributed by atoms with Gasteiger partial charge < -0.3 is 10.1 Å². The van der Waals surface area contributed by atoms with Crippen LogP contribution in [0, 0.1) is 0 Å². The topological polar surface area (TPSA) is 96.0 Å². The van der Waals surface area contributed by atoms with Crippen LogP contribution in [0.4, 0.5) is 4.79 Å². The first-order valence-electron chi connectivity index (χ1n) is 9.46. The first-order valence-corrected chi connectivity index (χ1v) is 11.3. The fourth-order valence-corrected chi connectivity index (χ4v) is 5.70. The molecule has 0 saturated carbocycles. The summed E-state index contributed by atoms with van der Waals surface area (Å²) in [5.74, 6) is -0.142. The van der Waals surface area contributed by atoms with Crippen molar-refractivity contribution in [2.75, 3.05) is 38.4 Å². The number of benzene rings is 1. The average Bonchev–Trinajstić information content (AvgIpc) is 3.17. The van der Waals surface area contributed by atoms with E-state index < -0.39 is 21.4 Å². The first kappa shape index (κ1) is 20.8. The molecule has 2 atom stereocenters. The summed E-state index contributed by atoms with van der Waals surface area (Å²) in [6.07, 6.45) is 0.918. The summed E-state index contributed by atoms with van der Waals surface area (Å²) in [7, 11) is -1.52. The number of imide groups is 1. The SMILES string of the molecule is CC[C@@]1(c2ccccc2)NC(=O)N(CN(CCOC)[C@@H]2CCS(=O)(=O)C2)C1=O. The van der Waals surface area contributed by atoms with Crippen molar-refractivity contribution in [3.05, 3.63) is 35.9 Å². The van der Waals surface area contributed by atoms with Gasteiger partial charge in [-0.3, -0.25) is 9.69 Å². The van der Waals surface area contributed by atoms with Crippen molar-refractivity contribution in [3.8, 4) is 0 Å². The summed E-state index contributed by atoms with van der Waals surface area (Å²) >= 11 is 0. The summed E-state index contributed by atoms with van der Waals surface area (Å²) in [6, 6.07) is 8.51. The Balaban J connectivity index is 1.83. The molecular weight excluding hydrogens is 382 g/mol. The quantitative estimate of drug-likeness (QED) is 0.642. The highest BCUT2D eigenvalue weighted by Gasteiger charge is 2.51. The molecule has 2 saturated heterocycles. The largest absolute Gasteiger partial charge is 0.383 e. The monoisotopic (exact) mass is 409 g/mol. The van der Waals surface area contributed by atoms with Crippen LogP contribution in [0.15, 0.2) is 30.3 Å². The molecule has 2 fully saturated rings. The number of hydrogen-bond acceptors (Lipinski definition) is 6. The van der Waals surface area contributed by atoms with Crippen LogP contribution in [0.3, 0.4) is 0 Å². The van der Waals surface area contributed by atoms with E-state index in [0.717, 1.165) is 5.56 Å². The van der Waals surface area contributed by atoms with E-state index >= 15 is 0 Å². The number of nitrogens with one attached hydrogen (secondary N) is 1. The fraction of sp³-hybridized carbons (Fsp3) is 0.579. The van der Waals surface area contributed by atoms with Crippen LogP contribution in [-0.2, 0) is 24.9 Å². The molecule has 3 rings (SSSR count). The van der Waals surface area contributed by atoms with E-state index in [0.29, 0.717) is 26.0 Å². The Morgan fingerprint density at radius 1 is 1.29 bits per heavy atom. The fourth-order valence-electron chi connectivity index (χ4n) is 3.94. The smallest absolute Gasteiger partial charge is 0.326 e. The number of nitrogens with zero attached hydrogens (tertiary/aromatic N) is 2. The molecule has 0 radical (unpaired) electrons. The van der Waals surface area contributed by atoms with Crippen LogP contribution in [0.5, 0.6) is 0 Å². The third kappa shape index (κ3) is 3.92. The molecular formula is C19H27N3O5S. The lowest BCUT2D eigenvalue weighted by Crippen LogP contribution is -2.49. The van der Waals surface area contributed by atoms with Crippen molar-refractivity contribution in [3.63, 3.8) is 0 Å². The highest BCUT2D eigenvalue weighted by atomic mass is 32.2. The maximum absolute atomic E-state index is 13.3. The van der Waals surface area contributed by atoms with Crippen LogP contribution in [0.2, 0.25) is 0 Å². The van der Waals surface area contributed by atoms with E-state index in [1.54, 1.807) is 7.11 Å². The molecule has 0 unspecified atom stereocenters. The molecule has 8 nitrogen and oxygen atoms in total. The van der Waals surface area contributed by atoms with Crippen molar-refractivity contribution in [1.82, 2.24) is 15.1 Å². The standard InChI is InChI=1S/C19H27N3O5S/c1-3-19(15-7-5-4-6-8-15)17(23)22(18(24)20-19)14-21(10-11-27-2)16-9-12-28(25,26)13-16/h4-8,16H,3,9-14H2,1-2H3,(H,20,24)/t16-,19+/m1/s1.